The summed E-state index contributed by atoms with van der Waals surface area (Å²) in [5, 5.41) is 11.4. The second-order valence-electron chi connectivity index (χ2n) is 4.47. The van der Waals surface area contributed by atoms with Crippen LogP contribution in [0.3, 0.4) is 0 Å². The number of para-hydroxylation sites is 1. The first-order chi connectivity index (χ1) is 10.2. The molecule has 0 N–H and O–H groups in total. The predicted molar refractivity (Wildman–Crippen MR) is 74.9 cm³/mol. The maximum absolute atomic E-state index is 11.4. The van der Waals surface area contributed by atoms with Crippen LogP contribution in [0, 0.1) is 10.1 Å². The fourth-order valence-corrected chi connectivity index (χ4v) is 2.18. The van der Waals surface area contributed by atoms with Crippen LogP contribution in [0.2, 0.25) is 0 Å². The van der Waals surface area contributed by atoms with Gasteiger partial charge in [-0.3, -0.25) is 14.9 Å². The van der Waals surface area contributed by atoms with Crippen molar-refractivity contribution in [2.45, 2.75) is 5.72 Å². The van der Waals surface area contributed by atoms with E-state index >= 15 is 0 Å². The lowest BCUT2D eigenvalue weighted by atomic mass is 10.0. The number of carbonyl (C=O) groups excluding carboxylic acids is 1. The molecule has 1 heterocycles. The summed E-state index contributed by atoms with van der Waals surface area (Å²) in [6.07, 6.45) is 0.198. The fraction of sp³-hybridized carbons (Fsp3) is 0.0667. The van der Waals surface area contributed by atoms with Crippen LogP contribution >= 0.6 is 0 Å². The Morgan fingerprint density at radius 3 is 2.43 bits per heavy atom. The van der Waals surface area contributed by atoms with E-state index in [2.05, 4.69) is 4.99 Å². The van der Waals surface area contributed by atoms with Gasteiger partial charge in [-0.05, 0) is 24.3 Å². The van der Waals surface area contributed by atoms with E-state index in [0.29, 0.717) is 11.3 Å². The van der Waals surface area contributed by atoms with E-state index in [9.17, 15) is 14.9 Å². The molecule has 0 amide bonds. The number of ether oxygens (including phenoxy) is 1. The number of nitrogens with zero attached hydrogens (tertiary/aromatic N) is 2. The Balaban J connectivity index is 2.22. The molecule has 1 aliphatic rings. The van der Waals surface area contributed by atoms with Crippen molar-refractivity contribution in [2.24, 2.45) is 4.99 Å². The minimum atomic E-state index is -2.26. The minimum absolute atomic E-state index is 0.0538. The summed E-state index contributed by atoms with van der Waals surface area (Å²) in [6, 6.07) is 15.1. The molecule has 2 aromatic carbocycles. The second-order valence-corrected chi connectivity index (χ2v) is 4.47. The van der Waals surface area contributed by atoms with Gasteiger partial charge in [0, 0.05) is 5.56 Å². The first-order valence-electron chi connectivity index (χ1n) is 6.21. The molecule has 104 valence electrons. The third-order valence-corrected chi connectivity index (χ3v) is 3.22. The summed E-state index contributed by atoms with van der Waals surface area (Å²) in [7, 11) is 0. The van der Waals surface area contributed by atoms with Gasteiger partial charge in [-0.25, -0.2) is 4.99 Å². The maximum Gasteiger partial charge on any atom is 0.450 e. The summed E-state index contributed by atoms with van der Waals surface area (Å²) in [4.78, 5) is 26.4. The van der Waals surface area contributed by atoms with E-state index in [1.165, 1.54) is 6.07 Å². The number of nitro groups is 1. The largest absolute Gasteiger partial charge is 0.450 e. The number of hydrogen-bond acceptors (Lipinski definition) is 5. The second kappa shape index (κ2) is 4.82. The van der Waals surface area contributed by atoms with Gasteiger partial charge in [-0.15, -0.1) is 0 Å². The molecule has 1 atom stereocenters. The van der Waals surface area contributed by atoms with E-state index in [-0.39, 0.29) is 17.7 Å². The van der Waals surface area contributed by atoms with Crippen molar-refractivity contribution in [2.75, 3.05) is 0 Å². The fourth-order valence-electron chi connectivity index (χ4n) is 2.18. The van der Waals surface area contributed by atoms with E-state index in [1.54, 1.807) is 48.5 Å². The van der Waals surface area contributed by atoms with Crippen LogP contribution in [0.5, 0.6) is 0 Å². The van der Waals surface area contributed by atoms with Gasteiger partial charge in [0.05, 0.1) is 10.6 Å². The van der Waals surface area contributed by atoms with Crippen molar-refractivity contribution in [3.8, 4) is 0 Å². The molecule has 0 saturated heterocycles. The molecule has 1 aliphatic heterocycles. The molecule has 0 fully saturated rings. The SMILES string of the molecule is O=CC1([N+](=O)[O-])OC(c2ccccc2)=Nc2ccccc21. The first kappa shape index (κ1) is 13.0. The highest BCUT2D eigenvalue weighted by Crippen LogP contribution is 2.37. The van der Waals surface area contributed by atoms with Crippen molar-refractivity contribution in [1.29, 1.82) is 0 Å². The van der Waals surface area contributed by atoms with Crippen LogP contribution in [-0.4, -0.2) is 17.1 Å². The summed E-state index contributed by atoms with van der Waals surface area (Å²) >= 11 is 0. The normalized spacial score (nSPS) is 19.9. The van der Waals surface area contributed by atoms with Crippen molar-refractivity contribution in [3.63, 3.8) is 0 Å². The van der Waals surface area contributed by atoms with Crippen LogP contribution in [0.15, 0.2) is 59.6 Å². The van der Waals surface area contributed by atoms with E-state index in [4.69, 9.17) is 4.74 Å². The van der Waals surface area contributed by atoms with E-state index < -0.39 is 10.6 Å². The quantitative estimate of drug-likeness (QED) is 0.492. The number of aliphatic imine (C=N–C) groups is 1. The highest BCUT2D eigenvalue weighted by atomic mass is 16.7. The van der Waals surface area contributed by atoms with Gasteiger partial charge in [0.15, 0.2) is 0 Å². The van der Waals surface area contributed by atoms with E-state index in [1.807, 2.05) is 0 Å². The number of hydrogen-bond donors (Lipinski definition) is 0. The number of benzene rings is 2. The van der Waals surface area contributed by atoms with Crippen LogP contribution in [0.25, 0.3) is 0 Å². The summed E-state index contributed by atoms with van der Waals surface area (Å²) in [5.74, 6) is 0.0538. The molecule has 0 spiro atoms. The van der Waals surface area contributed by atoms with Crippen LogP contribution in [-0.2, 0) is 15.3 Å². The average molecular weight is 282 g/mol. The van der Waals surface area contributed by atoms with Crippen LogP contribution in [0.1, 0.15) is 11.1 Å². The zero-order valence-corrected chi connectivity index (χ0v) is 10.8. The zero-order valence-electron chi connectivity index (χ0n) is 10.8. The maximum atomic E-state index is 11.4. The van der Waals surface area contributed by atoms with Crippen LogP contribution < -0.4 is 0 Å². The number of aldehydes is 1. The lowest BCUT2D eigenvalue weighted by Crippen LogP contribution is -2.43. The third kappa shape index (κ3) is 1.97. The molecule has 21 heavy (non-hydrogen) atoms. The molecule has 3 rings (SSSR count). The molecule has 0 aliphatic carbocycles. The Kier molecular flexibility index (Phi) is 2.98. The number of rotatable bonds is 3. The Labute approximate surface area is 119 Å². The Morgan fingerprint density at radius 2 is 1.76 bits per heavy atom. The highest BCUT2D eigenvalue weighted by Gasteiger charge is 2.53. The summed E-state index contributed by atoms with van der Waals surface area (Å²) in [5.41, 5.74) is -1.21. The number of fused-ring (bicyclic) bond motifs is 1. The standard InChI is InChI=1S/C15H10N2O4/c18-10-15(17(19)20)12-8-4-5-9-13(12)16-14(21-15)11-6-2-1-3-7-11/h1-10H. The third-order valence-electron chi connectivity index (χ3n) is 3.22. The molecule has 0 saturated carbocycles. The van der Waals surface area contributed by atoms with Crippen molar-refractivity contribution < 1.29 is 14.5 Å². The van der Waals surface area contributed by atoms with Gasteiger partial charge in [-0.1, -0.05) is 30.3 Å². The molecule has 2 aromatic rings. The topological polar surface area (TPSA) is 81.8 Å². The number of carbonyl (C=O) groups is 1. The van der Waals surface area contributed by atoms with E-state index in [0.717, 1.165) is 0 Å². The molecule has 6 heteroatoms. The van der Waals surface area contributed by atoms with Gasteiger partial charge >= 0.3 is 5.72 Å². The smallest absolute Gasteiger partial charge is 0.400 e. The Morgan fingerprint density at radius 1 is 1.10 bits per heavy atom. The molecular weight excluding hydrogens is 272 g/mol. The van der Waals surface area contributed by atoms with Crippen molar-refractivity contribution in [1.82, 2.24) is 0 Å². The summed E-state index contributed by atoms with van der Waals surface area (Å²) < 4.78 is 5.38. The summed E-state index contributed by atoms with van der Waals surface area (Å²) in [6.45, 7) is 0. The zero-order chi connectivity index (χ0) is 14.9. The van der Waals surface area contributed by atoms with Gasteiger partial charge in [0.1, 0.15) is 5.56 Å². The molecule has 6 nitrogen and oxygen atoms in total. The molecule has 0 aromatic heterocycles. The highest BCUT2D eigenvalue weighted by molar-refractivity contribution is 5.98. The van der Waals surface area contributed by atoms with Gasteiger partial charge in [-0.2, -0.15) is 0 Å². The Bertz CT molecular complexity index is 742. The Hall–Kier alpha value is -3.02. The molecule has 0 radical (unpaired) electrons. The monoisotopic (exact) mass is 282 g/mol. The predicted octanol–water partition coefficient (Wildman–Crippen LogP) is 2.42. The average Bonchev–Trinajstić information content (AvgIpc) is 2.54. The first-order valence-corrected chi connectivity index (χ1v) is 6.21. The van der Waals surface area contributed by atoms with Gasteiger partial charge < -0.3 is 4.74 Å². The van der Waals surface area contributed by atoms with Crippen molar-refractivity contribution in [3.05, 3.63) is 75.8 Å². The molecular formula is C15H10N2O4. The molecule has 0 bridgehead atoms. The van der Waals surface area contributed by atoms with Gasteiger partial charge in [0.2, 0.25) is 12.2 Å². The molecule has 1 unspecified atom stereocenters. The lowest BCUT2D eigenvalue weighted by molar-refractivity contribution is -0.607. The van der Waals surface area contributed by atoms with Crippen LogP contribution in [0.4, 0.5) is 5.69 Å². The minimum Gasteiger partial charge on any atom is -0.400 e. The van der Waals surface area contributed by atoms with Gasteiger partial charge in [0.25, 0.3) is 0 Å². The lowest BCUT2D eigenvalue weighted by Gasteiger charge is -2.26. The van der Waals surface area contributed by atoms with Crippen molar-refractivity contribution >= 4 is 17.9 Å².